The van der Waals surface area contributed by atoms with E-state index in [2.05, 4.69) is 31.0 Å². The topological polar surface area (TPSA) is 145 Å². The molecule has 138 valence electrons. The van der Waals surface area contributed by atoms with E-state index in [4.69, 9.17) is 0 Å². The molecule has 1 atom stereocenters. The van der Waals surface area contributed by atoms with Gasteiger partial charge in [-0.05, 0) is 39.6 Å². The molecule has 0 saturated carbocycles. The molecule has 0 spiro atoms. The van der Waals surface area contributed by atoms with Gasteiger partial charge in [0.1, 0.15) is 17.4 Å². The van der Waals surface area contributed by atoms with Crippen molar-refractivity contribution in [1.29, 1.82) is 0 Å². The van der Waals surface area contributed by atoms with E-state index >= 15 is 0 Å². The molecule has 0 radical (unpaired) electrons. The van der Waals surface area contributed by atoms with Gasteiger partial charge in [0.2, 0.25) is 5.95 Å². The van der Waals surface area contributed by atoms with E-state index in [0.29, 0.717) is 28.5 Å². The normalized spacial score (nSPS) is 14.8. The first kappa shape index (κ1) is 16.3. The minimum absolute atomic E-state index is 0.0302. The molecule has 1 unspecified atom stereocenters. The number of nitro benzene ring substituents is 1. The molecule has 0 aliphatic carbocycles. The lowest BCUT2D eigenvalue weighted by Crippen LogP contribution is -2.29. The Kier molecular flexibility index (Phi) is 3.52. The highest BCUT2D eigenvalue weighted by molar-refractivity contribution is 7.13. The Morgan fingerprint density at radius 2 is 2.04 bits per heavy atom. The highest BCUT2D eigenvalue weighted by Gasteiger charge is 2.34. The number of rotatable bonds is 3. The Bertz CT molecular complexity index is 1250. The molecule has 4 aromatic rings. The summed E-state index contributed by atoms with van der Waals surface area (Å²) in [5.41, 5.74) is 1.73. The number of benzene rings is 1. The van der Waals surface area contributed by atoms with E-state index in [1.54, 1.807) is 12.1 Å². The molecule has 28 heavy (non-hydrogen) atoms. The maximum absolute atomic E-state index is 12.5. The van der Waals surface area contributed by atoms with Crippen LogP contribution in [0.2, 0.25) is 0 Å². The highest BCUT2D eigenvalue weighted by Crippen LogP contribution is 2.42. The summed E-state index contributed by atoms with van der Waals surface area (Å²) in [4.78, 5) is 23.9. The fraction of sp³-hybridized carbons (Fsp3) is 0.0625. The first-order chi connectivity index (χ1) is 13.6. The summed E-state index contributed by atoms with van der Waals surface area (Å²) >= 11 is 1.48. The first-order valence-electron chi connectivity index (χ1n) is 8.09. The lowest BCUT2D eigenvalue weighted by atomic mass is 9.94. The van der Waals surface area contributed by atoms with Crippen LogP contribution < -0.4 is 10.9 Å². The van der Waals surface area contributed by atoms with Crippen LogP contribution >= 0.6 is 11.3 Å². The van der Waals surface area contributed by atoms with Crippen molar-refractivity contribution in [2.24, 2.45) is 0 Å². The molecular weight excluding hydrogens is 384 g/mol. The molecule has 3 aromatic heterocycles. The largest absolute Gasteiger partial charge is 0.318 e. The monoisotopic (exact) mass is 394 g/mol. The van der Waals surface area contributed by atoms with Crippen LogP contribution in [-0.4, -0.2) is 35.3 Å². The van der Waals surface area contributed by atoms with Gasteiger partial charge in [-0.2, -0.15) is 9.78 Å². The summed E-state index contributed by atoms with van der Waals surface area (Å²) in [6, 6.07) is 9.28. The molecule has 12 heteroatoms. The van der Waals surface area contributed by atoms with Crippen LogP contribution in [0.5, 0.6) is 0 Å². The second-order valence-electron chi connectivity index (χ2n) is 5.99. The molecule has 5 rings (SSSR count). The number of H-pyrrole nitrogens is 1. The Morgan fingerprint density at radius 3 is 2.75 bits per heavy atom. The van der Waals surface area contributed by atoms with Gasteiger partial charge in [0.15, 0.2) is 0 Å². The van der Waals surface area contributed by atoms with Crippen LogP contribution in [0.4, 0.5) is 17.3 Å². The second kappa shape index (κ2) is 6.06. The summed E-state index contributed by atoms with van der Waals surface area (Å²) in [6.45, 7) is 0. The lowest BCUT2D eigenvalue weighted by Gasteiger charge is -2.27. The van der Waals surface area contributed by atoms with E-state index in [0.717, 1.165) is 4.88 Å². The van der Waals surface area contributed by atoms with Gasteiger partial charge in [-0.1, -0.05) is 11.2 Å². The van der Waals surface area contributed by atoms with Crippen LogP contribution in [0, 0.1) is 10.1 Å². The Balaban J connectivity index is 1.78. The summed E-state index contributed by atoms with van der Waals surface area (Å²) in [5, 5.41) is 34.3. The van der Waals surface area contributed by atoms with Crippen molar-refractivity contribution in [1.82, 2.24) is 30.4 Å². The molecule has 0 bridgehead atoms. The third kappa shape index (κ3) is 2.39. The number of nitrogens with zero attached hydrogens (tertiary/aromatic N) is 6. The first-order valence-corrected chi connectivity index (χ1v) is 8.97. The van der Waals surface area contributed by atoms with Gasteiger partial charge >= 0.3 is 0 Å². The summed E-state index contributed by atoms with van der Waals surface area (Å²) < 4.78 is 1.53. The fourth-order valence-electron chi connectivity index (χ4n) is 3.23. The lowest BCUT2D eigenvalue weighted by molar-refractivity contribution is -0.384. The number of nitrogens with one attached hydrogen (secondary N) is 2. The Morgan fingerprint density at radius 1 is 1.21 bits per heavy atom. The Labute approximate surface area is 159 Å². The minimum Gasteiger partial charge on any atom is -0.318 e. The predicted octanol–water partition coefficient (Wildman–Crippen LogP) is 2.09. The standard InChI is InChI=1S/C16H10N8O3S/c25-15-13-11(12(18-19-15)10-2-1-7-28-10)14(23-16(17-13)20-21-22-23)8-3-5-9(6-4-8)24(26)27/h1-7,14H,(H,19,25)(H,17,20,22). The number of anilines is 2. The SMILES string of the molecule is O=c1[nH]nc(-c2cccs2)c2c1Nc1nnnn1C2c1ccc([N+](=O)[O-])cc1. The van der Waals surface area contributed by atoms with E-state index in [-0.39, 0.29) is 5.69 Å². The average Bonchev–Trinajstić information content (AvgIpc) is 3.39. The molecule has 1 aromatic carbocycles. The van der Waals surface area contributed by atoms with Crippen LogP contribution in [0.3, 0.4) is 0 Å². The van der Waals surface area contributed by atoms with Gasteiger partial charge in [-0.3, -0.25) is 14.9 Å². The molecular formula is C16H10N8O3S. The van der Waals surface area contributed by atoms with Crippen molar-refractivity contribution in [3.8, 4) is 10.6 Å². The third-order valence-corrected chi connectivity index (χ3v) is 5.32. The van der Waals surface area contributed by atoms with Gasteiger partial charge in [0.05, 0.1) is 9.80 Å². The maximum Gasteiger partial charge on any atom is 0.288 e. The number of nitro groups is 1. The highest BCUT2D eigenvalue weighted by atomic mass is 32.1. The molecule has 1 aliphatic heterocycles. The van der Waals surface area contributed by atoms with Crippen molar-refractivity contribution >= 4 is 28.7 Å². The van der Waals surface area contributed by atoms with Crippen molar-refractivity contribution in [2.75, 3.05) is 5.32 Å². The number of aromatic nitrogens is 6. The van der Waals surface area contributed by atoms with E-state index in [1.165, 1.54) is 28.2 Å². The zero-order valence-electron chi connectivity index (χ0n) is 13.9. The van der Waals surface area contributed by atoms with Crippen molar-refractivity contribution in [2.45, 2.75) is 6.04 Å². The molecule has 0 amide bonds. The molecule has 4 heterocycles. The van der Waals surface area contributed by atoms with Gasteiger partial charge in [0.25, 0.3) is 11.2 Å². The van der Waals surface area contributed by atoms with Gasteiger partial charge in [0, 0.05) is 17.7 Å². The number of hydrogen-bond acceptors (Lipinski definition) is 9. The van der Waals surface area contributed by atoms with Crippen molar-refractivity contribution < 1.29 is 4.92 Å². The quantitative estimate of drug-likeness (QED) is 0.349. The number of aromatic amines is 1. The third-order valence-electron chi connectivity index (χ3n) is 4.44. The smallest absolute Gasteiger partial charge is 0.288 e. The number of thiophene rings is 1. The van der Waals surface area contributed by atoms with Crippen molar-refractivity contribution in [3.05, 3.63) is 73.4 Å². The second-order valence-corrected chi connectivity index (χ2v) is 6.94. The van der Waals surface area contributed by atoms with Crippen LogP contribution in [0.15, 0.2) is 46.6 Å². The minimum atomic E-state index is -0.575. The number of fused-ring (bicyclic) bond motifs is 2. The van der Waals surface area contributed by atoms with Gasteiger partial charge in [-0.15, -0.1) is 11.3 Å². The fourth-order valence-corrected chi connectivity index (χ4v) is 3.95. The number of non-ortho nitro benzene ring substituents is 1. The summed E-state index contributed by atoms with van der Waals surface area (Å²) in [5.74, 6) is 0.296. The summed E-state index contributed by atoms with van der Waals surface area (Å²) in [6.07, 6.45) is 0. The zero-order valence-corrected chi connectivity index (χ0v) is 14.8. The van der Waals surface area contributed by atoms with Crippen molar-refractivity contribution in [3.63, 3.8) is 0 Å². The van der Waals surface area contributed by atoms with Crippen LogP contribution in [0.25, 0.3) is 10.6 Å². The molecule has 11 nitrogen and oxygen atoms in total. The molecule has 2 N–H and O–H groups in total. The maximum atomic E-state index is 12.5. The molecule has 1 aliphatic rings. The zero-order chi connectivity index (χ0) is 19.3. The molecule has 0 saturated heterocycles. The van der Waals surface area contributed by atoms with E-state index in [1.807, 2.05) is 17.5 Å². The van der Waals surface area contributed by atoms with Gasteiger partial charge in [-0.25, -0.2) is 5.10 Å². The van der Waals surface area contributed by atoms with E-state index < -0.39 is 16.5 Å². The Hall–Kier alpha value is -3.93. The predicted molar refractivity (Wildman–Crippen MR) is 99.6 cm³/mol. The summed E-state index contributed by atoms with van der Waals surface area (Å²) in [7, 11) is 0. The van der Waals surface area contributed by atoms with Crippen LogP contribution in [-0.2, 0) is 0 Å². The number of tetrazole rings is 1. The average molecular weight is 394 g/mol. The molecule has 0 fully saturated rings. The van der Waals surface area contributed by atoms with Crippen LogP contribution in [0.1, 0.15) is 17.2 Å². The van der Waals surface area contributed by atoms with Gasteiger partial charge < -0.3 is 5.32 Å². The van der Waals surface area contributed by atoms with E-state index in [9.17, 15) is 14.9 Å². The number of hydrogen-bond donors (Lipinski definition) is 2.